The van der Waals surface area contributed by atoms with Gasteiger partial charge in [-0.25, -0.2) is 4.39 Å². The smallest absolute Gasteiger partial charge is 0.123 e. The van der Waals surface area contributed by atoms with Gasteiger partial charge in [0.25, 0.3) is 0 Å². The molecule has 0 amide bonds. The van der Waals surface area contributed by atoms with E-state index in [1.807, 2.05) is 19.2 Å². The summed E-state index contributed by atoms with van der Waals surface area (Å²) in [5.41, 5.74) is 8.93. The summed E-state index contributed by atoms with van der Waals surface area (Å²) < 4.78 is 14.3. The molecular weight excluding hydrogens is 319 g/mol. The summed E-state index contributed by atoms with van der Waals surface area (Å²) in [4.78, 5) is 2.12. The van der Waals surface area contributed by atoms with Crippen molar-refractivity contribution in [1.82, 2.24) is 0 Å². The topological polar surface area (TPSA) is 29.3 Å². The first-order valence-electron chi connectivity index (χ1n) is 6.54. The fourth-order valence-electron chi connectivity index (χ4n) is 2.25. The van der Waals surface area contributed by atoms with Gasteiger partial charge in [-0.2, -0.15) is 0 Å². The van der Waals surface area contributed by atoms with Crippen LogP contribution < -0.4 is 10.6 Å². The van der Waals surface area contributed by atoms with E-state index in [0.29, 0.717) is 13.1 Å². The SMILES string of the molecule is CN(Cc1cccc(F)c1)c1cc(Br)ccc1CCN. The molecule has 0 bridgehead atoms. The lowest BCUT2D eigenvalue weighted by Crippen LogP contribution is -2.19. The van der Waals surface area contributed by atoms with Crippen molar-refractivity contribution in [2.45, 2.75) is 13.0 Å². The van der Waals surface area contributed by atoms with E-state index >= 15 is 0 Å². The minimum atomic E-state index is -0.202. The Hall–Kier alpha value is -1.39. The zero-order valence-corrected chi connectivity index (χ0v) is 13.0. The molecule has 2 rings (SSSR count). The van der Waals surface area contributed by atoms with Crippen LogP contribution >= 0.6 is 15.9 Å². The van der Waals surface area contributed by atoms with Crippen molar-refractivity contribution < 1.29 is 4.39 Å². The Morgan fingerprint density at radius 2 is 2.00 bits per heavy atom. The van der Waals surface area contributed by atoms with Crippen molar-refractivity contribution in [3.63, 3.8) is 0 Å². The molecule has 0 fully saturated rings. The van der Waals surface area contributed by atoms with Gasteiger partial charge in [0.2, 0.25) is 0 Å². The molecule has 2 aromatic rings. The molecule has 2 N–H and O–H groups in total. The molecule has 4 heteroatoms. The summed E-state index contributed by atoms with van der Waals surface area (Å²) in [6.07, 6.45) is 0.829. The van der Waals surface area contributed by atoms with Gasteiger partial charge in [-0.1, -0.05) is 34.1 Å². The molecule has 0 aliphatic carbocycles. The van der Waals surface area contributed by atoms with E-state index in [2.05, 4.69) is 33.0 Å². The lowest BCUT2D eigenvalue weighted by atomic mass is 10.1. The number of hydrogen-bond acceptors (Lipinski definition) is 2. The van der Waals surface area contributed by atoms with Gasteiger partial charge in [0.15, 0.2) is 0 Å². The van der Waals surface area contributed by atoms with Gasteiger partial charge in [-0.15, -0.1) is 0 Å². The molecular formula is C16H18BrFN2. The molecule has 0 aromatic heterocycles. The van der Waals surface area contributed by atoms with Crippen molar-refractivity contribution in [2.75, 3.05) is 18.5 Å². The minimum absolute atomic E-state index is 0.202. The van der Waals surface area contributed by atoms with Crippen LogP contribution in [0.25, 0.3) is 0 Å². The Morgan fingerprint density at radius 1 is 1.20 bits per heavy atom. The van der Waals surface area contributed by atoms with Gasteiger partial charge in [0.1, 0.15) is 5.82 Å². The lowest BCUT2D eigenvalue weighted by molar-refractivity contribution is 0.625. The Morgan fingerprint density at radius 3 is 2.70 bits per heavy atom. The molecule has 0 saturated carbocycles. The monoisotopic (exact) mass is 336 g/mol. The highest BCUT2D eigenvalue weighted by Crippen LogP contribution is 2.26. The third-order valence-electron chi connectivity index (χ3n) is 3.18. The molecule has 0 saturated heterocycles. The number of anilines is 1. The minimum Gasteiger partial charge on any atom is -0.370 e. The molecule has 0 atom stereocenters. The summed E-state index contributed by atoms with van der Waals surface area (Å²) in [5.74, 6) is -0.202. The fraction of sp³-hybridized carbons (Fsp3) is 0.250. The van der Waals surface area contributed by atoms with Crippen molar-refractivity contribution in [2.24, 2.45) is 5.73 Å². The van der Waals surface area contributed by atoms with Crippen molar-refractivity contribution >= 4 is 21.6 Å². The molecule has 0 aliphatic heterocycles. The first kappa shape index (κ1) is 15.0. The Kier molecular flexibility index (Phi) is 5.15. The van der Waals surface area contributed by atoms with Gasteiger partial charge in [0, 0.05) is 23.8 Å². The van der Waals surface area contributed by atoms with Gasteiger partial charge in [-0.3, -0.25) is 0 Å². The van der Waals surface area contributed by atoms with Crippen LogP contribution in [0.4, 0.5) is 10.1 Å². The maximum atomic E-state index is 13.2. The van der Waals surface area contributed by atoms with Crippen molar-refractivity contribution in [3.8, 4) is 0 Å². The third-order valence-corrected chi connectivity index (χ3v) is 3.67. The normalized spacial score (nSPS) is 10.6. The number of hydrogen-bond donors (Lipinski definition) is 1. The van der Waals surface area contributed by atoms with Crippen LogP contribution in [-0.4, -0.2) is 13.6 Å². The van der Waals surface area contributed by atoms with Gasteiger partial charge < -0.3 is 10.6 Å². The summed E-state index contributed by atoms with van der Waals surface area (Å²) in [7, 11) is 2.01. The quantitative estimate of drug-likeness (QED) is 0.901. The Balaban J connectivity index is 2.23. The van der Waals surface area contributed by atoms with Gasteiger partial charge in [-0.05, 0) is 48.4 Å². The van der Waals surface area contributed by atoms with Crippen LogP contribution in [0.1, 0.15) is 11.1 Å². The first-order valence-corrected chi connectivity index (χ1v) is 7.33. The molecule has 0 spiro atoms. The van der Waals surface area contributed by atoms with Crippen LogP contribution in [0.5, 0.6) is 0 Å². The maximum Gasteiger partial charge on any atom is 0.123 e. The van der Waals surface area contributed by atoms with Crippen LogP contribution in [0, 0.1) is 5.82 Å². The zero-order chi connectivity index (χ0) is 14.5. The summed E-state index contributed by atoms with van der Waals surface area (Å²) in [5, 5.41) is 0. The van der Waals surface area contributed by atoms with E-state index in [9.17, 15) is 4.39 Å². The maximum absolute atomic E-state index is 13.2. The number of benzene rings is 2. The summed E-state index contributed by atoms with van der Waals surface area (Å²) in [6.45, 7) is 1.27. The number of nitrogens with zero attached hydrogens (tertiary/aromatic N) is 1. The van der Waals surface area contributed by atoms with E-state index in [4.69, 9.17) is 5.73 Å². The average molecular weight is 337 g/mol. The molecule has 0 unspecified atom stereocenters. The van der Waals surface area contributed by atoms with E-state index in [-0.39, 0.29) is 5.82 Å². The Labute approximate surface area is 127 Å². The van der Waals surface area contributed by atoms with Crippen molar-refractivity contribution in [1.29, 1.82) is 0 Å². The molecule has 20 heavy (non-hydrogen) atoms. The second-order valence-electron chi connectivity index (χ2n) is 4.80. The van der Waals surface area contributed by atoms with Crippen LogP contribution in [-0.2, 0) is 13.0 Å². The molecule has 0 radical (unpaired) electrons. The number of halogens is 2. The van der Waals surface area contributed by atoms with Crippen LogP contribution in [0.3, 0.4) is 0 Å². The summed E-state index contributed by atoms with van der Waals surface area (Å²) >= 11 is 3.49. The van der Waals surface area contributed by atoms with E-state index in [1.54, 1.807) is 12.1 Å². The highest BCUT2D eigenvalue weighted by atomic mass is 79.9. The van der Waals surface area contributed by atoms with Gasteiger partial charge in [0.05, 0.1) is 0 Å². The molecule has 2 aromatic carbocycles. The highest BCUT2D eigenvalue weighted by molar-refractivity contribution is 9.10. The fourth-order valence-corrected chi connectivity index (χ4v) is 2.60. The van der Waals surface area contributed by atoms with Crippen LogP contribution in [0.2, 0.25) is 0 Å². The third kappa shape index (κ3) is 3.81. The van der Waals surface area contributed by atoms with E-state index < -0.39 is 0 Å². The zero-order valence-electron chi connectivity index (χ0n) is 11.4. The van der Waals surface area contributed by atoms with E-state index in [1.165, 1.54) is 11.6 Å². The predicted molar refractivity (Wildman–Crippen MR) is 85.4 cm³/mol. The van der Waals surface area contributed by atoms with Gasteiger partial charge >= 0.3 is 0 Å². The predicted octanol–water partition coefficient (Wildman–Crippen LogP) is 3.73. The first-order chi connectivity index (χ1) is 9.60. The Bertz CT molecular complexity index is 586. The number of nitrogens with two attached hydrogens (primary N) is 1. The van der Waals surface area contributed by atoms with Crippen molar-refractivity contribution in [3.05, 3.63) is 63.9 Å². The largest absolute Gasteiger partial charge is 0.370 e. The lowest BCUT2D eigenvalue weighted by Gasteiger charge is -2.23. The van der Waals surface area contributed by atoms with E-state index in [0.717, 1.165) is 22.1 Å². The average Bonchev–Trinajstić information content (AvgIpc) is 2.41. The standard InChI is InChI=1S/C16H18BrFN2/c1-20(11-12-3-2-4-15(18)9-12)16-10-14(17)6-5-13(16)7-8-19/h2-6,9-10H,7-8,11,19H2,1H3. The second kappa shape index (κ2) is 6.86. The highest BCUT2D eigenvalue weighted by Gasteiger charge is 2.09. The molecule has 0 heterocycles. The number of rotatable bonds is 5. The molecule has 106 valence electrons. The summed E-state index contributed by atoms with van der Waals surface area (Å²) in [6, 6.07) is 12.9. The molecule has 2 nitrogen and oxygen atoms in total. The second-order valence-corrected chi connectivity index (χ2v) is 5.71. The molecule has 0 aliphatic rings. The van der Waals surface area contributed by atoms with Crippen LogP contribution in [0.15, 0.2) is 46.9 Å².